The minimum atomic E-state index is -0.873. The average molecular weight is 315 g/mol. The van der Waals surface area contributed by atoms with Crippen LogP contribution in [0.1, 0.15) is 12.0 Å². The Balaban J connectivity index is 1.43. The molecule has 2 bridgehead atoms. The predicted molar refractivity (Wildman–Crippen MR) is 84.5 cm³/mol. The second-order valence-corrected chi connectivity index (χ2v) is 6.17. The molecule has 1 aromatic carbocycles. The normalized spacial score (nSPS) is 28.0. The molecule has 5 heteroatoms. The molecule has 5 nitrogen and oxygen atoms in total. The molecule has 0 unspecified atom stereocenters. The topological polar surface area (TPSA) is 75.6 Å². The number of amides is 1. The number of hydrogen-bond acceptors (Lipinski definition) is 3. The van der Waals surface area contributed by atoms with Crippen LogP contribution in [0.15, 0.2) is 42.5 Å². The van der Waals surface area contributed by atoms with E-state index in [-0.39, 0.29) is 17.7 Å². The molecule has 0 heterocycles. The monoisotopic (exact) mass is 315 g/mol. The Kier molecular flexibility index (Phi) is 4.76. The molecule has 0 saturated heterocycles. The van der Waals surface area contributed by atoms with Gasteiger partial charge >= 0.3 is 5.97 Å². The van der Waals surface area contributed by atoms with Gasteiger partial charge in [0, 0.05) is 6.54 Å². The molecule has 0 aromatic heterocycles. The van der Waals surface area contributed by atoms with Crippen LogP contribution in [0.2, 0.25) is 0 Å². The first-order chi connectivity index (χ1) is 11.2. The highest BCUT2D eigenvalue weighted by Gasteiger charge is 2.51. The summed E-state index contributed by atoms with van der Waals surface area (Å²) < 4.78 is 5.52. The lowest BCUT2D eigenvalue weighted by Crippen LogP contribution is -2.41. The van der Waals surface area contributed by atoms with E-state index in [1.165, 1.54) is 0 Å². The standard InChI is InChI=1S/C18H21NO4/c20-17(15-13-6-7-14(10-13)16(15)18(21)22)19-8-9-23-11-12-4-2-1-3-5-12/h1-7,13-16H,8-11H2,(H,19,20)(H,21,22)/t13-,14-,15-,16+/m0/s1. The van der Waals surface area contributed by atoms with Crippen LogP contribution in [0.5, 0.6) is 0 Å². The van der Waals surface area contributed by atoms with Gasteiger partial charge in [-0.2, -0.15) is 0 Å². The number of benzene rings is 1. The van der Waals surface area contributed by atoms with Gasteiger partial charge in [0.25, 0.3) is 0 Å². The zero-order valence-corrected chi connectivity index (χ0v) is 12.9. The summed E-state index contributed by atoms with van der Waals surface area (Å²) >= 11 is 0. The summed E-state index contributed by atoms with van der Waals surface area (Å²) in [5.74, 6) is -2.01. The number of fused-ring (bicyclic) bond motifs is 2. The molecule has 3 rings (SSSR count). The third-order valence-electron chi connectivity index (χ3n) is 4.70. The highest BCUT2D eigenvalue weighted by atomic mass is 16.5. The molecule has 2 aliphatic carbocycles. The first-order valence-corrected chi connectivity index (χ1v) is 7.97. The molecule has 2 aliphatic rings. The molecule has 1 fully saturated rings. The largest absolute Gasteiger partial charge is 0.481 e. The van der Waals surface area contributed by atoms with Crippen molar-refractivity contribution < 1.29 is 19.4 Å². The van der Waals surface area contributed by atoms with Gasteiger partial charge in [0.2, 0.25) is 5.91 Å². The van der Waals surface area contributed by atoms with Crippen LogP contribution < -0.4 is 5.32 Å². The van der Waals surface area contributed by atoms with Gasteiger partial charge in [0.1, 0.15) is 0 Å². The highest BCUT2D eigenvalue weighted by Crippen LogP contribution is 2.48. The summed E-state index contributed by atoms with van der Waals surface area (Å²) in [6.45, 7) is 1.32. The minimum absolute atomic E-state index is 0.00239. The van der Waals surface area contributed by atoms with Gasteiger partial charge in [-0.1, -0.05) is 42.5 Å². The average Bonchev–Trinajstić information content (AvgIpc) is 3.16. The van der Waals surface area contributed by atoms with Gasteiger partial charge in [0.05, 0.1) is 25.0 Å². The third-order valence-corrected chi connectivity index (χ3v) is 4.70. The van der Waals surface area contributed by atoms with Gasteiger partial charge < -0.3 is 15.2 Å². The Morgan fingerprint density at radius 2 is 1.83 bits per heavy atom. The first-order valence-electron chi connectivity index (χ1n) is 7.97. The lowest BCUT2D eigenvalue weighted by atomic mass is 9.82. The Morgan fingerprint density at radius 1 is 1.13 bits per heavy atom. The molecule has 4 atom stereocenters. The smallest absolute Gasteiger partial charge is 0.307 e. The van der Waals surface area contributed by atoms with Crippen molar-refractivity contribution in [3.63, 3.8) is 0 Å². The highest BCUT2D eigenvalue weighted by molar-refractivity contribution is 5.86. The quantitative estimate of drug-likeness (QED) is 0.595. The van der Waals surface area contributed by atoms with Crippen molar-refractivity contribution in [1.82, 2.24) is 5.32 Å². The van der Waals surface area contributed by atoms with Crippen molar-refractivity contribution in [1.29, 1.82) is 0 Å². The molecule has 1 saturated carbocycles. The van der Waals surface area contributed by atoms with E-state index in [1.54, 1.807) is 0 Å². The maximum Gasteiger partial charge on any atom is 0.307 e. The fraction of sp³-hybridized carbons (Fsp3) is 0.444. The number of carbonyl (C=O) groups excluding carboxylic acids is 1. The second-order valence-electron chi connectivity index (χ2n) is 6.17. The summed E-state index contributed by atoms with van der Waals surface area (Å²) in [7, 11) is 0. The maximum atomic E-state index is 12.3. The molecule has 23 heavy (non-hydrogen) atoms. The zero-order chi connectivity index (χ0) is 16.2. The first kappa shape index (κ1) is 15.7. The van der Waals surface area contributed by atoms with Crippen LogP contribution in [0.4, 0.5) is 0 Å². The summed E-state index contributed by atoms with van der Waals surface area (Å²) in [5.41, 5.74) is 1.09. The van der Waals surface area contributed by atoms with Gasteiger partial charge in [-0.15, -0.1) is 0 Å². The van der Waals surface area contributed by atoms with E-state index < -0.39 is 17.8 Å². The molecule has 0 radical (unpaired) electrons. The molecule has 2 N–H and O–H groups in total. The van der Waals surface area contributed by atoms with E-state index in [2.05, 4.69) is 5.32 Å². The Morgan fingerprint density at radius 3 is 2.52 bits per heavy atom. The van der Waals surface area contributed by atoms with Crippen LogP contribution in [0.25, 0.3) is 0 Å². The number of rotatable bonds is 7. The van der Waals surface area contributed by atoms with E-state index in [9.17, 15) is 14.7 Å². The number of aliphatic carboxylic acids is 1. The van der Waals surface area contributed by atoms with Crippen molar-refractivity contribution in [2.24, 2.45) is 23.7 Å². The number of allylic oxidation sites excluding steroid dienone is 2. The number of carboxylic acids is 1. The molecule has 0 spiro atoms. The van der Waals surface area contributed by atoms with Crippen LogP contribution in [0, 0.1) is 23.7 Å². The van der Waals surface area contributed by atoms with E-state index in [4.69, 9.17) is 4.74 Å². The summed E-state index contributed by atoms with van der Waals surface area (Å²) in [5, 5.41) is 12.2. The van der Waals surface area contributed by atoms with Crippen molar-refractivity contribution >= 4 is 11.9 Å². The molecule has 0 aliphatic heterocycles. The fourth-order valence-electron chi connectivity index (χ4n) is 3.64. The number of carbonyl (C=O) groups is 2. The van der Waals surface area contributed by atoms with E-state index >= 15 is 0 Å². The minimum Gasteiger partial charge on any atom is -0.481 e. The van der Waals surface area contributed by atoms with Crippen molar-refractivity contribution in [2.45, 2.75) is 13.0 Å². The Bertz CT molecular complexity index is 598. The van der Waals surface area contributed by atoms with Gasteiger partial charge in [0.15, 0.2) is 0 Å². The number of carboxylic acid groups (broad SMARTS) is 1. The number of nitrogens with one attached hydrogen (secondary N) is 1. The molecular weight excluding hydrogens is 294 g/mol. The summed E-state index contributed by atoms with van der Waals surface area (Å²) in [6, 6.07) is 9.83. The Hall–Kier alpha value is -2.14. The van der Waals surface area contributed by atoms with Gasteiger partial charge in [-0.05, 0) is 23.8 Å². The second kappa shape index (κ2) is 6.96. The molecular formula is C18H21NO4. The molecule has 122 valence electrons. The summed E-state index contributed by atoms with van der Waals surface area (Å²) in [6.07, 6.45) is 4.70. The van der Waals surface area contributed by atoms with Gasteiger partial charge in [-0.3, -0.25) is 9.59 Å². The molecule has 1 aromatic rings. The van der Waals surface area contributed by atoms with Crippen molar-refractivity contribution in [2.75, 3.05) is 13.2 Å². The third kappa shape index (κ3) is 3.45. The van der Waals surface area contributed by atoms with Crippen LogP contribution in [-0.4, -0.2) is 30.1 Å². The fourth-order valence-corrected chi connectivity index (χ4v) is 3.64. The maximum absolute atomic E-state index is 12.3. The van der Waals surface area contributed by atoms with Crippen LogP contribution in [-0.2, 0) is 20.9 Å². The van der Waals surface area contributed by atoms with Crippen molar-refractivity contribution in [3.8, 4) is 0 Å². The summed E-state index contributed by atoms with van der Waals surface area (Å²) in [4.78, 5) is 23.7. The number of ether oxygens (including phenoxy) is 1. The van der Waals surface area contributed by atoms with Crippen molar-refractivity contribution in [3.05, 3.63) is 48.0 Å². The van der Waals surface area contributed by atoms with Crippen LogP contribution in [0.3, 0.4) is 0 Å². The SMILES string of the molecule is O=C(NCCOCc1ccccc1)[C@@H]1[C@H](C(=O)O)[C@H]2C=C[C@H]1C2. The van der Waals surface area contributed by atoms with E-state index in [0.717, 1.165) is 12.0 Å². The lowest BCUT2D eigenvalue weighted by molar-refractivity contribution is -0.147. The molecule has 1 amide bonds. The predicted octanol–water partition coefficient (Wildman–Crippen LogP) is 1.84. The number of hydrogen-bond donors (Lipinski definition) is 2. The van der Waals surface area contributed by atoms with E-state index in [1.807, 2.05) is 42.5 Å². The van der Waals surface area contributed by atoms with E-state index in [0.29, 0.717) is 19.8 Å². The lowest BCUT2D eigenvalue weighted by Gasteiger charge is -2.23. The Labute approximate surface area is 135 Å². The van der Waals surface area contributed by atoms with Gasteiger partial charge in [-0.25, -0.2) is 0 Å². The van der Waals surface area contributed by atoms with Crippen LogP contribution >= 0.6 is 0 Å². The zero-order valence-electron chi connectivity index (χ0n) is 12.9.